The smallest absolute Gasteiger partial charge is 0.254 e. The number of hydrogen-bond donors (Lipinski definition) is 1. The van der Waals surface area contributed by atoms with Crippen molar-refractivity contribution in [1.82, 2.24) is 4.98 Å². The van der Waals surface area contributed by atoms with E-state index in [1.165, 1.54) is 16.9 Å². The molecular weight excluding hydrogens is 358 g/mol. The van der Waals surface area contributed by atoms with Crippen LogP contribution in [0.15, 0.2) is 47.8 Å². The van der Waals surface area contributed by atoms with Crippen LogP contribution in [0.4, 0.5) is 8.78 Å². The zero-order valence-corrected chi connectivity index (χ0v) is 14.6. The summed E-state index contributed by atoms with van der Waals surface area (Å²) in [6.07, 6.45) is 1.66. The molecule has 134 valence electrons. The number of ether oxygens (including phenoxy) is 1. The van der Waals surface area contributed by atoms with Gasteiger partial charge in [0.25, 0.3) is 5.91 Å². The van der Waals surface area contributed by atoms with Crippen LogP contribution in [0.2, 0.25) is 0 Å². The van der Waals surface area contributed by atoms with Gasteiger partial charge in [0, 0.05) is 5.38 Å². The number of carbonyl (C=O) groups excluding carboxylic acids is 1. The Labute approximate surface area is 153 Å². The Bertz CT molecular complexity index is 913. The number of nitrogens with two attached hydrogens (primary N) is 1. The predicted octanol–water partition coefficient (Wildman–Crippen LogP) is 3.88. The van der Waals surface area contributed by atoms with E-state index in [1.807, 2.05) is 23.6 Å². The van der Waals surface area contributed by atoms with Gasteiger partial charge in [0.1, 0.15) is 23.0 Å². The SMILES string of the molecule is NC(=O)c1c(F)ccc(OCc2nc(CCc3ccccc3)cs2)c1F. The van der Waals surface area contributed by atoms with Crippen LogP contribution in [0.25, 0.3) is 0 Å². The van der Waals surface area contributed by atoms with Gasteiger partial charge in [-0.2, -0.15) is 0 Å². The first-order valence-electron chi connectivity index (χ1n) is 7.92. The van der Waals surface area contributed by atoms with Crippen molar-refractivity contribution >= 4 is 17.2 Å². The number of amides is 1. The lowest BCUT2D eigenvalue weighted by molar-refractivity contribution is 0.0991. The molecule has 0 saturated heterocycles. The van der Waals surface area contributed by atoms with Crippen LogP contribution in [0.3, 0.4) is 0 Å². The lowest BCUT2D eigenvalue weighted by Crippen LogP contribution is -2.16. The third kappa shape index (κ3) is 4.23. The minimum absolute atomic E-state index is 0.0246. The summed E-state index contributed by atoms with van der Waals surface area (Å²) in [5.41, 5.74) is 6.34. The molecule has 0 unspecified atom stereocenters. The fraction of sp³-hybridized carbons (Fsp3) is 0.158. The Hall–Kier alpha value is -2.80. The number of halogens is 2. The van der Waals surface area contributed by atoms with Crippen molar-refractivity contribution in [3.05, 3.63) is 81.3 Å². The molecule has 0 spiro atoms. The molecule has 0 saturated carbocycles. The van der Waals surface area contributed by atoms with Gasteiger partial charge in [-0.3, -0.25) is 4.79 Å². The maximum atomic E-state index is 14.1. The van der Waals surface area contributed by atoms with Gasteiger partial charge < -0.3 is 10.5 Å². The number of rotatable bonds is 7. The van der Waals surface area contributed by atoms with Gasteiger partial charge in [0.05, 0.1) is 5.69 Å². The molecule has 4 nitrogen and oxygen atoms in total. The van der Waals surface area contributed by atoms with Crippen molar-refractivity contribution in [3.63, 3.8) is 0 Å². The lowest BCUT2D eigenvalue weighted by atomic mass is 10.1. The van der Waals surface area contributed by atoms with E-state index in [0.717, 1.165) is 30.7 Å². The highest BCUT2D eigenvalue weighted by Gasteiger charge is 2.19. The number of aromatic nitrogens is 1. The van der Waals surface area contributed by atoms with E-state index in [2.05, 4.69) is 17.1 Å². The fourth-order valence-electron chi connectivity index (χ4n) is 2.46. The number of primary amides is 1. The van der Waals surface area contributed by atoms with Gasteiger partial charge in [0.2, 0.25) is 0 Å². The Balaban J connectivity index is 1.62. The van der Waals surface area contributed by atoms with E-state index in [-0.39, 0.29) is 12.4 Å². The summed E-state index contributed by atoms with van der Waals surface area (Å²) < 4.78 is 32.9. The normalized spacial score (nSPS) is 10.7. The molecule has 1 heterocycles. The summed E-state index contributed by atoms with van der Waals surface area (Å²) in [4.78, 5) is 15.6. The second-order valence-corrected chi connectivity index (χ2v) is 6.55. The molecule has 3 aromatic rings. The number of aryl methyl sites for hydroxylation is 2. The summed E-state index contributed by atoms with van der Waals surface area (Å²) in [6, 6.07) is 12.2. The van der Waals surface area contributed by atoms with Crippen molar-refractivity contribution < 1.29 is 18.3 Å². The zero-order valence-electron chi connectivity index (χ0n) is 13.7. The number of benzene rings is 2. The average molecular weight is 374 g/mol. The summed E-state index contributed by atoms with van der Waals surface area (Å²) in [7, 11) is 0. The standard InChI is InChI=1S/C19H16F2N2O2S/c20-14-8-9-15(18(21)17(14)19(22)24)25-10-16-23-13(11-26-16)7-6-12-4-2-1-3-5-12/h1-5,8-9,11H,6-7,10H2,(H2,22,24). The third-order valence-electron chi connectivity index (χ3n) is 3.77. The lowest BCUT2D eigenvalue weighted by Gasteiger charge is -2.08. The van der Waals surface area contributed by atoms with Crippen LogP contribution in [-0.4, -0.2) is 10.9 Å². The molecule has 2 N–H and O–H groups in total. The van der Waals surface area contributed by atoms with E-state index in [9.17, 15) is 13.6 Å². The highest BCUT2D eigenvalue weighted by atomic mass is 32.1. The minimum Gasteiger partial charge on any atom is -0.483 e. The van der Waals surface area contributed by atoms with Crippen LogP contribution in [0, 0.1) is 11.6 Å². The van der Waals surface area contributed by atoms with Crippen molar-refractivity contribution in [2.75, 3.05) is 0 Å². The molecule has 0 fully saturated rings. The summed E-state index contributed by atoms with van der Waals surface area (Å²) >= 11 is 1.40. The first-order valence-corrected chi connectivity index (χ1v) is 8.80. The molecule has 0 aliphatic carbocycles. The second-order valence-electron chi connectivity index (χ2n) is 5.61. The Kier molecular flexibility index (Phi) is 5.58. The summed E-state index contributed by atoms with van der Waals surface area (Å²) in [5, 5.41) is 2.59. The highest BCUT2D eigenvalue weighted by molar-refractivity contribution is 7.09. The van der Waals surface area contributed by atoms with E-state index in [0.29, 0.717) is 5.01 Å². The van der Waals surface area contributed by atoms with E-state index >= 15 is 0 Å². The number of hydrogen-bond acceptors (Lipinski definition) is 4. The molecule has 26 heavy (non-hydrogen) atoms. The van der Waals surface area contributed by atoms with Gasteiger partial charge in [-0.25, -0.2) is 13.8 Å². The van der Waals surface area contributed by atoms with Crippen molar-refractivity contribution in [3.8, 4) is 5.75 Å². The molecule has 2 aromatic carbocycles. The highest BCUT2D eigenvalue weighted by Crippen LogP contribution is 2.24. The molecule has 1 aromatic heterocycles. The Morgan fingerprint density at radius 1 is 1.12 bits per heavy atom. The van der Waals surface area contributed by atoms with Gasteiger partial charge in [-0.1, -0.05) is 30.3 Å². The third-order valence-corrected chi connectivity index (χ3v) is 4.64. The van der Waals surface area contributed by atoms with Gasteiger partial charge in [0.15, 0.2) is 11.6 Å². The molecule has 1 amide bonds. The molecular formula is C19H16F2N2O2S. The molecule has 0 radical (unpaired) electrons. The average Bonchev–Trinajstić information content (AvgIpc) is 3.08. The maximum absolute atomic E-state index is 14.1. The quantitative estimate of drug-likeness (QED) is 0.682. The molecule has 0 bridgehead atoms. The van der Waals surface area contributed by atoms with Crippen molar-refractivity contribution in [2.24, 2.45) is 5.73 Å². The van der Waals surface area contributed by atoms with Crippen LogP contribution in [0.1, 0.15) is 26.6 Å². The molecule has 7 heteroatoms. The molecule has 0 atom stereocenters. The predicted molar refractivity (Wildman–Crippen MR) is 95.2 cm³/mol. The Morgan fingerprint density at radius 2 is 1.88 bits per heavy atom. The number of nitrogens with zero attached hydrogens (tertiary/aromatic N) is 1. The molecule has 0 aliphatic rings. The van der Waals surface area contributed by atoms with Gasteiger partial charge >= 0.3 is 0 Å². The monoisotopic (exact) mass is 374 g/mol. The van der Waals surface area contributed by atoms with Crippen LogP contribution in [0.5, 0.6) is 5.75 Å². The summed E-state index contributed by atoms with van der Waals surface area (Å²) in [5.74, 6) is -3.53. The van der Waals surface area contributed by atoms with Crippen LogP contribution in [-0.2, 0) is 19.4 Å². The first kappa shape index (κ1) is 18.0. The topological polar surface area (TPSA) is 65.2 Å². The van der Waals surface area contributed by atoms with Gasteiger partial charge in [-0.15, -0.1) is 11.3 Å². The zero-order chi connectivity index (χ0) is 18.5. The maximum Gasteiger partial charge on any atom is 0.254 e. The number of thiazole rings is 1. The summed E-state index contributed by atoms with van der Waals surface area (Å²) in [6.45, 7) is 0.0246. The van der Waals surface area contributed by atoms with E-state index in [1.54, 1.807) is 0 Å². The second kappa shape index (κ2) is 8.05. The molecule has 0 aliphatic heterocycles. The minimum atomic E-state index is -1.18. The fourth-order valence-corrected chi connectivity index (χ4v) is 3.20. The van der Waals surface area contributed by atoms with E-state index in [4.69, 9.17) is 10.5 Å². The first-order chi connectivity index (χ1) is 12.5. The number of carbonyl (C=O) groups is 1. The molecule has 3 rings (SSSR count). The van der Waals surface area contributed by atoms with Crippen molar-refractivity contribution in [2.45, 2.75) is 19.4 Å². The largest absolute Gasteiger partial charge is 0.483 e. The van der Waals surface area contributed by atoms with E-state index < -0.39 is 23.1 Å². The van der Waals surface area contributed by atoms with Gasteiger partial charge in [-0.05, 0) is 30.5 Å². The van der Waals surface area contributed by atoms with Crippen LogP contribution < -0.4 is 10.5 Å². The Morgan fingerprint density at radius 3 is 2.62 bits per heavy atom. The van der Waals surface area contributed by atoms with Crippen molar-refractivity contribution in [1.29, 1.82) is 0 Å². The van der Waals surface area contributed by atoms with Crippen LogP contribution >= 0.6 is 11.3 Å².